The number of nitrogens with one attached hydrogen (secondary N) is 2. The number of hydrogen-bond donors (Lipinski definition) is 2. The second-order valence-corrected chi connectivity index (χ2v) is 4.52. The van der Waals surface area contributed by atoms with E-state index in [0.717, 1.165) is 25.5 Å². The van der Waals surface area contributed by atoms with Gasteiger partial charge in [-0.25, -0.2) is 4.98 Å². The predicted molar refractivity (Wildman–Crippen MR) is 70.2 cm³/mol. The molecule has 2 rings (SSSR count). The topological polar surface area (TPSA) is 97.2 Å². The van der Waals surface area contributed by atoms with Crippen molar-refractivity contribution in [3.63, 3.8) is 0 Å². The summed E-state index contributed by atoms with van der Waals surface area (Å²) in [7, 11) is 0. The minimum Gasteiger partial charge on any atom is -0.370 e. The first-order valence-corrected chi connectivity index (χ1v) is 6.31. The second kappa shape index (κ2) is 5.64. The number of carbonyl (C=O) groups excluding carboxylic acids is 1. The van der Waals surface area contributed by atoms with Gasteiger partial charge in [-0.15, -0.1) is 0 Å². The van der Waals surface area contributed by atoms with Gasteiger partial charge in [0.25, 0.3) is 11.6 Å². The lowest BCUT2D eigenvalue weighted by Gasteiger charge is -2.07. The van der Waals surface area contributed by atoms with Crippen LogP contribution in [0.15, 0.2) is 12.3 Å². The molecule has 0 bridgehead atoms. The van der Waals surface area contributed by atoms with Gasteiger partial charge >= 0.3 is 0 Å². The zero-order valence-corrected chi connectivity index (χ0v) is 10.7. The largest absolute Gasteiger partial charge is 0.370 e. The maximum Gasteiger partial charge on any atom is 0.300 e. The minimum absolute atomic E-state index is 0.0607. The summed E-state index contributed by atoms with van der Waals surface area (Å²) >= 11 is 0. The third-order valence-corrected chi connectivity index (χ3v) is 2.79. The van der Waals surface area contributed by atoms with Crippen molar-refractivity contribution in [2.75, 3.05) is 11.9 Å². The molecule has 1 aromatic rings. The van der Waals surface area contributed by atoms with E-state index in [1.807, 2.05) is 6.92 Å². The summed E-state index contributed by atoms with van der Waals surface area (Å²) in [6.45, 7) is 2.70. The number of aromatic nitrogens is 1. The third-order valence-electron chi connectivity index (χ3n) is 2.79. The van der Waals surface area contributed by atoms with Crippen LogP contribution in [-0.4, -0.2) is 28.4 Å². The van der Waals surface area contributed by atoms with Crippen LogP contribution in [0.2, 0.25) is 0 Å². The molecule has 2 N–H and O–H groups in total. The first kappa shape index (κ1) is 13.3. The normalized spacial score (nSPS) is 13.9. The van der Waals surface area contributed by atoms with Crippen LogP contribution in [-0.2, 0) is 0 Å². The van der Waals surface area contributed by atoms with Crippen molar-refractivity contribution < 1.29 is 9.72 Å². The number of amides is 1. The Bertz CT molecular complexity index is 500. The lowest BCUT2D eigenvalue weighted by atomic mass is 10.2. The molecule has 0 saturated heterocycles. The van der Waals surface area contributed by atoms with Crippen LogP contribution in [0.4, 0.5) is 11.5 Å². The zero-order valence-electron chi connectivity index (χ0n) is 10.7. The Labute approximate surface area is 110 Å². The maximum absolute atomic E-state index is 12.0. The van der Waals surface area contributed by atoms with Crippen molar-refractivity contribution in [3.05, 3.63) is 27.9 Å². The number of carbonyl (C=O) groups is 1. The monoisotopic (exact) mass is 264 g/mol. The quantitative estimate of drug-likeness (QED) is 0.602. The Balaban J connectivity index is 2.23. The van der Waals surface area contributed by atoms with Crippen molar-refractivity contribution in [2.45, 2.75) is 32.2 Å². The molecule has 7 heteroatoms. The fourth-order valence-electron chi connectivity index (χ4n) is 1.62. The number of anilines is 1. The molecule has 0 aromatic carbocycles. The summed E-state index contributed by atoms with van der Waals surface area (Å²) in [6.07, 6.45) is 3.90. The molecule has 102 valence electrons. The van der Waals surface area contributed by atoms with Crippen LogP contribution in [0.3, 0.4) is 0 Å². The zero-order chi connectivity index (χ0) is 13.8. The van der Waals surface area contributed by atoms with Crippen LogP contribution in [0.5, 0.6) is 0 Å². The van der Waals surface area contributed by atoms with E-state index in [9.17, 15) is 14.9 Å². The van der Waals surface area contributed by atoms with Crippen molar-refractivity contribution in [3.8, 4) is 0 Å². The van der Waals surface area contributed by atoms with Crippen molar-refractivity contribution in [1.29, 1.82) is 0 Å². The highest BCUT2D eigenvalue weighted by Crippen LogP contribution is 2.23. The molecule has 19 heavy (non-hydrogen) atoms. The van der Waals surface area contributed by atoms with E-state index in [4.69, 9.17) is 0 Å². The summed E-state index contributed by atoms with van der Waals surface area (Å²) < 4.78 is 0. The first-order valence-electron chi connectivity index (χ1n) is 6.31. The van der Waals surface area contributed by atoms with E-state index in [1.54, 1.807) is 0 Å². The molecule has 1 aliphatic rings. The molecule has 0 aliphatic heterocycles. The van der Waals surface area contributed by atoms with Gasteiger partial charge in [0.05, 0.1) is 4.92 Å². The molecule has 1 aliphatic carbocycles. The summed E-state index contributed by atoms with van der Waals surface area (Å²) in [5, 5.41) is 16.7. The van der Waals surface area contributed by atoms with Gasteiger partial charge in [0, 0.05) is 18.7 Å². The molecule has 1 fully saturated rings. The van der Waals surface area contributed by atoms with Crippen LogP contribution in [0.25, 0.3) is 0 Å². The Morgan fingerprint density at radius 2 is 2.32 bits per heavy atom. The van der Waals surface area contributed by atoms with Crippen molar-refractivity contribution >= 4 is 17.4 Å². The number of pyridine rings is 1. The van der Waals surface area contributed by atoms with E-state index < -0.39 is 10.8 Å². The first-order chi connectivity index (χ1) is 9.11. The smallest absolute Gasteiger partial charge is 0.300 e. The van der Waals surface area contributed by atoms with Gasteiger partial charge in [0.1, 0.15) is 17.6 Å². The van der Waals surface area contributed by atoms with Gasteiger partial charge in [0.15, 0.2) is 0 Å². The van der Waals surface area contributed by atoms with Gasteiger partial charge in [-0.3, -0.25) is 14.9 Å². The Morgan fingerprint density at radius 1 is 1.58 bits per heavy atom. The van der Waals surface area contributed by atoms with Gasteiger partial charge < -0.3 is 10.6 Å². The van der Waals surface area contributed by atoms with Gasteiger partial charge in [-0.2, -0.15) is 0 Å². The maximum atomic E-state index is 12.0. The minimum atomic E-state index is -0.585. The SMILES string of the molecule is CCCNc1cc(C(=O)NC2CC2)c([N+](=O)[O-])cn1. The third kappa shape index (κ3) is 3.40. The van der Waals surface area contributed by atoms with E-state index in [2.05, 4.69) is 15.6 Å². The number of nitrogens with zero attached hydrogens (tertiary/aromatic N) is 2. The standard InChI is InChI=1S/C12H16N4O3/c1-2-5-13-11-6-9(10(7-14-11)16(18)19)12(17)15-8-3-4-8/h6-8H,2-5H2,1H3,(H,13,14)(H,15,17). The van der Waals surface area contributed by atoms with Crippen molar-refractivity contribution in [1.82, 2.24) is 10.3 Å². The summed E-state index contributed by atoms with van der Waals surface area (Å²) in [5.74, 6) is 0.0737. The summed E-state index contributed by atoms with van der Waals surface area (Å²) in [5.41, 5.74) is -0.203. The van der Waals surface area contributed by atoms with Gasteiger partial charge in [-0.05, 0) is 19.3 Å². The van der Waals surface area contributed by atoms with Gasteiger partial charge in [-0.1, -0.05) is 6.92 Å². The molecule has 0 spiro atoms. The Hall–Kier alpha value is -2.18. The molecule has 0 unspecified atom stereocenters. The molecule has 1 amide bonds. The van der Waals surface area contributed by atoms with E-state index in [1.165, 1.54) is 6.07 Å². The number of hydrogen-bond acceptors (Lipinski definition) is 5. The molecular formula is C12H16N4O3. The highest BCUT2D eigenvalue weighted by Gasteiger charge is 2.28. The van der Waals surface area contributed by atoms with Crippen LogP contribution in [0, 0.1) is 10.1 Å². The predicted octanol–water partition coefficient (Wildman–Crippen LogP) is 1.70. The average Bonchev–Trinajstić information content (AvgIpc) is 3.19. The van der Waals surface area contributed by atoms with Crippen LogP contribution < -0.4 is 10.6 Å². The molecular weight excluding hydrogens is 248 g/mol. The molecule has 1 heterocycles. The summed E-state index contributed by atoms with van der Waals surface area (Å²) in [4.78, 5) is 26.3. The average molecular weight is 264 g/mol. The molecule has 1 saturated carbocycles. The Kier molecular flexibility index (Phi) is 3.94. The number of nitro groups is 1. The van der Waals surface area contributed by atoms with E-state index >= 15 is 0 Å². The Morgan fingerprint density at radius 3 is 2.89 bits per heavy atom. The fourth-order valence-corrected chi connectivity index (χ4v) is 1.62. The molecule has 0 atom stereocenters. The second-order valence-electron chi connectivity index (χ2n) is 4.52. The van der Waals surface area contributed by atoms with Crippen LogP contribution in [0.1, 0.15) is 36.5 Å². The lowest BCUT2D eigenvalue weighted by Crippen LogP contribution is -2.26. The van der Waals surface area contributed by atoms with E-state index in [0.29, 0.717) is 12.4 Å². The van der Waals surface area contributed by atoms with Gasteiger partial charge in [0.2, 0.25) is 0 Å². The highest BCUT2D eigenvalue weighted by molar-refractivity contribution is 5.99. The molecule has 0 radical (unpaired) electrons. The number of rotatable bonds is 6. The van der Waals surface area contributed by atoms with E-state index in [-0.39, 0.29) is 17.3 Å². The molecule has 7 nitrogen and oxygen atoms in total. The highest BCUT2D eigenvalue weighted by atomic mass is 16.6. The fraction of sp³-hybridized carbons (Fsp3) is 0.500. The lowest BCUT2D eigenvalue weighted by molar-refractivity contribution is -0.385. The van der Waals surface area contributed by atoms with Crippen molar-refractivity contribution in [2.24, 2.45) is 0 Å². The summed E-state index contributed by atoms with van der Waals surface area (Å²) in [6, 6.07) is 1.60. The molecule has 1 aromatic heterocycles. The van der Waals surface area contributed by atoms with Crippen LogP contribution >= 0.6 is 0 Å².